The van der Waals surface area contributed by atoms with Crippen LogP contribution in [0, 0.1) is 15.9 Å². The molecule has 0 radical (unpaired) electrons. The molecule has 10 heteroatoms. The van der Waals surface area contributed by atoms with Gasteiger partial charge in [0.05, 0.1) is 10.5 Å². The SMILES string of the molecule is CC(=O)Nc1ccc(C(=O)COC(=O)c2cc(Cl)ccc2[N+](=O)[O-])c(F)c1. The van der Waals surface area contributed by atoms with Gasteiger partial charge in [-0.15, -0.1) is 0 Å². The molecular formula is C17H12ClFN2O6. The minimum absolute atomic E-state index is 0.0680. The second-order valence-corrected chi connectivity index (χ2v) is 5.73. The Labute approximate surface area is 157 Å². The molecule has 2 aromatic rings. The van der Waals surface area contributed by atoms with Gasteiger partial charge in [0.15, 0.2) is 6.61 Å². The summed E-state index contributed by atoms with van der Waals surface area (Å²) in [5, 5.41) is 13.4. The minimum atomic E-state index is -1.15. The van der Waals surface area contributed by atoms with Gasteiger partial charge in [-0.1, -0.05) is 11.6 Å². The summed E-state index contributed by atoms with van der Waals surface area (Å²) in [7, 11) is 0. The number of nitro benzene ring substituents is 1. The number of benzene rings is 2. The molecule has 0 fully saturated rings. The molecule has 140 valence electrons. The van der Waals surface area contributed by atoms with E-state index in [1.807, 2.05) is 0 Å². The fourth-order valence-electron chi connectivity index (χ4n) is 2.14. The average molecular weight is 395 g/mol. The van der Waals surface area contributed by atoms with E-state index in [2.05, 4.69) is 5.32 Å². The first-order valence-electron chi connectivity index (χ1n) is 7.40. The molecule has 1 N–H and O–H groups in total. The molecule has 0 aliphatic heterocycles. The van der Waals surface area contributed by atoms with E-state index in [4.69, 9.17) is 16.3 Å². The monoisotopic (exact) mass is 394 g/mol. The number of hydrogen-bond acceptors (Lipinski definition) is 6. The predicted molar refractivity (Wildman–Crippen MR) is 93.4 cm³/mol. The van der Waals surface area contributed by atoms with E-state index in [0.717, 1.165) is 24.3 Å². The van der Waals surface area contributed by atoms with Crippen LogP contribution < -0.4 is 5.32 Å². The number of Topliss-reactive ketones (excluding diaryl/α,β-unsaturated/α-hetero) is 1. The molecule has 0 aliphatic carbocycles. The average Bonchev–Trinajstić information content (AvgIpc) is 2.58. The van der Waals surface area contributed by atoms with Gasteiger partial charge < -0.3 is 10.1 Å². The number of hydrogen-bond donors (Lipinski definition) is 1. The lowest BCUT2D eigenvalue weighted by atomic mass is 10.1. The number of nitro groups is 1. The number of anilines is 1. The Morgan fingerprint density at radius 2 is 1.89 bits per heavy atom. The van der Waals surface area contributed by atoms with Gasteiger partial charge in [0.1, 0.15) is 11.4 Å². The number of carbonyl (C=O) groups excluding carboxylic acids is 3. The van der Waals surface area contributed by atoms with Crippen molar-refractivity contribution in [2.75, 3.05) is 11.9 Å². The molecule has 27 heavy (non-hydrogen) atoms. The van der Waals surface area contributed by atoms with Gasteiger partial charge in [-0.3, -0.25) is 19.7 Å². The number of amides is 1. The minimum Gasteiger partial charge on any atom is -0.454 e. The normalized spacial score (nSPS) is 10.2. The number of esters is 1. The summed E-state index contributed by atoms with van der Waals surface area (Å²) in [5.74, 6) is -3.34. The lowest BCUT2D eigenvalue weighted by molar-refractivity contribution is -0.385. The molecule has 2 aromatic carbocycles. The summed E-state index contributed by atoms with van der Waals surface area (Å²) in [6.45, 7) is 0.407. The maximum absolute atomic E-state index is 14.0. The van der Waals surface area contributed by atoms with Gasteiger partial charge >= 0.3 is 5.97 Å². The molecule has 0 atom stereocenters. The highest BCUT2D eigenvalue weighted by atomic mass is 35.5. The van der Waals surface area contributed by atoms with Crippen molar-refractivity contribution in [2.45, 2.75) is 6.92 Å². The number of rotatable bonds is 6. The number of ketones is 1. The molecule has 0 bridgehead atoms. The summed E-state index contributed by atoms with van der Waals surface area (Å²) in [6.07, 6.45) is 0. The van der Waals surface area contributed by atoms with Crippen LogP contribution in [0.4, 0.5) is 15.8 Å². The first kappa shape index (κ1) is 20.0. The van der Waals surface area contributed by atoms with Gasteiger partial charge in [0.25, 0.3) is 5.69 Å². The van der Waals surface area contributed by atoms with Crippen molar-refractivity contribution < 1.29 is 28.4 Å². The van der Waals surface area contributed by atoms with E-state index in [1.165, 1.54) is 19.1 Å². The smallest absolute Gasteiger partial charge is 0.345 e. The van der Waals surface area contributed by atoms with Crippen LogP contribution in [0.2, 0.25) is 5.02 Å². The molecule has 0 unspecified atom stereocenters. The molecule has 2 rings (SSSR count). The van der Waals surface area contributed by atoms with E-state index in [1.54, 1.807) is 0 Å². The fourth-order valence-corrected chi connectivity index (χ4v) is 2.31. The van der Waals surface area contributed by atoms with Crippen LogP contribution in [0.5, 0.6) is 0 Å². The highest BCUT2D eigenvalue weighted by Crippen LogP contribution is 2.23. The molecule has 0 aromatic heterocycles. The first-order valence-corrected chi connectivity index (χ1v) is 7.78. The van der Waals surface area contributed by atoms with Crippen LogP contribution in [0.15, 0.2) is 36.4 Å². The molecule has 0 spiro atoms. The zero-order chi connectivity index (χ0) is 20.1. The van der Waals surface area contributed by atoms with Crippen molar-refractivity contribution in [1.82, 2.24) is 0 Å². The molecule has 0 saturated heterocycles. The molecule has 0 saturated carbocycles. The van der Waals surface area contributed by atoms with Crippen LogP contribution in [0.1, 0.15) is 27.6 Å². The number of carbonyl (C=O) groups is 3. The fraction of sp³-hybridized carbons (Fsp3) is 0.118. The zero-order valence-electron chi connectivity index (χ0n) is 13.8. The van der Waals surface area contributed by atoms with Crippen LogP contribution in [-0.4, -0.2) is 29.2 Å². The van der Waals surface area contributed by atoms with E-state index in [9.17, 15) is 28.9 Å². The van der Waals surface area contributed by atoms with Gasteiger partial charge in [0, 0.05) is 23.7 Å². The highest BCUT2D eigenvalue weighted by Gasteiger charge is 2.23. The van der Waals surface area contributed by atoms with Gasteiger partial charge in [-0.25, -0.2) is 9.18 Å². The zero-order valence-corrected chi connectivity index (χ0v) is 14.6. The summed E-state index contributed by atoms with van der Waals surface area (Å²) >= 11 is 5.72. The van der Waals surface area contributed by atoms with Crippen LogP contribution in [-0.2, 0) is 9.53 Å². The van der Waals surface area contributed by atoms with Crippen molar-refractivity contribution in [1.29, 1.82) is 0 Å². The van der Waals surface area contributed by atoms with Gasteiger partial charge in [-0.2, -0.15) is 0 Å². The standard InChI is InChI=1S/C17H12ClFN2O6/c1-9(22)20-11-3-4-12(14(19)7-11)16(23)8-27-17(24)13-6-10(18)2-5-15(13)21(25)26/h2-7H,8H2,1H3,(H,20,22). The van der Waals surface area contributed by atoms with Crippen molar-refractivity contribution in [3.63, 3.8) is 0 Å². The summed E-state index contributed by atoms with van der Waals surface area (Å²) in [4.78, 5) is 45.2. The highest BCUT2D eigenvalue weighted by molar-refractivity contribution is 6.31. The first-order chi connectivity index (χ1) is 12.7. The van der Waals surface area contributed by atoms with Crippen LogP contribution in [0.25, 0.3) is 0 Å². The molecule has 8 nitrogen and oxygen atoms in total. The van der Waals surface area contributed by atoms with Gasteiger partial charge in [0.2, 0.25) is 11.7 Å². The number of halogens is 2. The van der Waals surface area contributed by atoms with Crippen molar-refractivity contribution in [3.05, 3.63) is 68.5 Å². The number of ether oxygens (including phenoxy) is 1. The number of nitrogens with zero attached hydrogens (tertiary/aromatic N) is 1. The topological polar surface area (TPSA) is 116 Å². The van der Waals surface area contributed by atoms with E-state index >= 15 is 0 Å². The maximum Gasteiger partial charge on any atom is 0.345 e. The van der Waals surface area contributed by atoms with E-state index in [-0.39, 0.29) is 16.3 Å². The third-order valence-corrected chi connectivity index (χ3v) is 3.53. The third kappa shape index (κ3) is 5.08. The molecule has 0 aliphatic rings. The Morgan fingerprint density at radius 1 is 1.19 bits per heavy atom. The lowest BCUT2D eigenvalue weighted by Crippen LogP contribution is -2.16. The molecule has 0 heterocycles. The lowest BCUT2D eigenvalue weighted by Gasteiger charge is -2.08. The maximum atomic E-state index is 14.0. The Bertz CT molecular complexity index is 947. The Morgan fingerprint density at radius 3 is 2.48 bits per heavy atom. The van der Waals surface area contributed by atoms with Crippen molar-refractivity contribution >= 4 is 40.6 Å². The second kappa shape index (κ2) is 8.37. The Balaban J connectivity index is 2.12. The quantitative estimate of drug-likeness (QED) is 0.347. The van der Waals surface area contributed by atoms with Crippen molar-refractivity contribution in [2.24, 2.45) is 0 Å². The van der Waals surface area contributed by atoms with Crippen LogP contribution in [0.3, 0.4) is 0 Å². The molecule has 1 amide bonds. The Hall–Kier alpha value is -3.33. The van der Waals surface area contributed by atoms with Gasteiger partial charge in [-0.05, 0) is 30.3 Å². The third-order valence-electron chi connectivity index (χ3n) is 3.30. The Kier molecular flexibility index (Phi) is 6.19. The van der Waals surface area contributed by atoms with E-state index < -0.39 is 46.3 Å². The van der Waals surface area contributed by atoms with Crippen molar-refractivity contribution in [3.8, 4) is 0 Å². The summed E-state index contributed by atoms with van der Waals surface area (Å²) < 4.78 is 18.8. The van der Waals surface area contributed by atoms with E-state index in [0.29, 0.717) is 0 Å². The van der Waals surface area contributed by atoms with Crippen LogP contribution >= 0.6 is 11.6 Å². The largest absolute Gasteiger partial charge is 0.454 e. The summed E-state index contributed by atoms with van der Waals surface area (Å²) in [6, 6.07) is 6.67. The summed E-state index contributed by atoms with van der Waals surface area (Å²) in [5.41, 5.74) is -1.18. The molecular weight excluding hydrogens is 383 g/mol. The number of nitrogens with one attached hydrogen (secondary N) is 1. The predicted octanol–water partition coefficient (Wildman–Crippen LogP) is 3.39. The second-order valence-electron chi connectivity index (χ2n) is 5.29.